The van der Waals surface area contributed by atoms with E-state index in [2.05, 4.69) is 4.74 Å². The molecule has 9 heteroatoms. The van der Waals surface area contributed by atoms with E-state index in [1.54, 1.807) is 0 Å². The number of hydrogen-bond acceptors (Lipinski definition) is 7. The van der Waals surface area contributed by atoms with E-state index in [1.807, 2.05) is 0 Å². The molecule has 0 spiro atoms. The molecule has 3 rings (SSSR count). The van der Waals surface area contributed by atoms with Crippen molar-refractivity contribution in [1.29, 1.82) is 0 Å². The van der Waals surface area contributed by atoms with Crippen LogP contribution in [-0.2, 0) is 14.8 Å². The van der Waals surface area contributed by atoms with Gasteiger partial charge in [-0.1, -0.05) is 0 Å². The fraction of sp³-hybridized carbons (Fsp3) is 0.643. The summed E-state index contributed by atoms with van der Waals surface area (Å²) in [6.07, 6.45) is 1.92. The first-order valence-electron chi connectivity index (χ1n) is 7.40. The van der Waals surface area contributed by atoms with Gasteiger partial charge in [-0.25, -0.2) is 13.2 Å². The van der Waals surface area contributed by atoms with Gasteiger partial charge in [0.25, 0.3) is 10.0 Å². The van der Waals surface area contributed by atoms with Crippen molar-refractivity contribution < 1.29 is 22.7 Å². The van der Waals surface area contributed by atoms with Crippen LogP contribution in [0.1, 0.15) is 22.5 Å². The van der Waals surface area contributed by atoms with Crippen molar-refractivity contribution in [3.05, 3.63) is 10.9 Å². The molecule has 2 N–H and O–H groups in total. The number of thiophene rings is 1. The molecule has 1 aliphatic heterocycles. The third-order valence-corrected chi connectivity index (χ3v) is 8.15. The van der Waals surface area contributed by atoms with Gasteiger partial charge in [0, 0.05) is 25.2 Å². The van der Waals surface area contributed by atoms with Crippen LogP contribution < -0.4 is 10.5 Å². The number of carbonyl (C=O) groups excluding carboxylic acids is 1. The molecule has 0 aromatic carbocycles. The fourth-order valence-corrected chi connectivity index (χ4v) is 6.63. The smallest absolute Gasteiger partial charge is 0.348 e. The molecule has 23 heavy (non-hydrogen) atoms. The molecule has 128 valence electrons. The number of sulfonamides is 1. The number of rotatable bonds is 4. The van der Waals surface area contributed by atoms with Crippen LogP contribution in [0.5, 0.6) is 5.75 Å². The Bertz CT molecular complexity index is 715. The molecule has 2 fully saturated rings. The van der Waals surface area contributed by atoms with Crippen LogP contribution in [0.4, 0.5) is 0 Å². The minimum Gasteiger partial charge on any atom is -0.494 e. The lowest BCUT2D eigenvalue weighted by Crippen LogP contribution is -2.33. The average Bonchev–Trinajstić information content (AvgIpc) is 3.22. The molecule has 1 aromatic heterocycles. The molecule has 2 aliphatic rings. The number of fused-ring (bicyclic) bond motifs is 1. The van der Waals surface area contributed by atoms with E-state index in [4.69, 9.17) is 10.5 Å². The first-order chi connectivity index (χ1) is 10.9. The van der Waals surface area contributed by atoms with Crippen LogP contribution in [0.25, 0.3) is 0 Å². The lowest BCUT2D eigenvalue weighted by molar-refractivity contribution is 0.0606. The van der Waals surface area contributed by atoms with Crippen molar-refractivity contribution >= 4 is 27.3 Å². The van der Waals surface area contributed by atoms with E-state index in [-0.39, 0.29) is 26.8 Å². The van der Waals surface area contributed by atoms with Gasteiger partial charge < -0.3 is 15.2 Å². The second-order valence-electron chi connectivity index (χ2n) is 5.95. The lowest BCUT2D eigenvalue weighted by atomic mass is 9.98. The number of nitrogens with zero attached hydrogens (tertiary/aromatic N) is 1. The Labute approximate surface area is 139 Å². The van der Waals surface area contributed by atoms with E-state index in [9.17, 15) is 13.2 Å². The highest BCUT2D eigenvalue weighted by molar-refractivity contribution is 7.91. The van der Waals surface area contributed by atoms with Gasteiger partial charge in [0.15, 0.2) is 9.96 Å². The SMILES string of the molecule is COC(=O)c1cc(OC)c(S(=O)(=O)N2CC3CCC(N)C3C2)s1. The molecule has 1 saturated carbocycles. The molecular weight excluding hydrogens is 340 g/mol. The summed E-state index contributed by atoms with van der Waals surface area (Å²) in [6, 6.07) is 1.47. The molecule has 3 atom stereocenters. The number of methoxy groups -OCH3 is 2. The fourth-order valence-electron chi connectivity index (χ4n) is 3.46. The molecule has 1 aromatic rings. The Morgan fingerprint density at radius 1 is 1.35 bits per heavy atom. The monoisotopic (exact) mass is 360 g/mol. The Morgan fingerprint density at radius 3 is 2.70 bits per heavy atom. The molecule has 0 amide bonds. The van der Waals surface area contributed by atoms with Gasteiger partial charge in [-0.3, -0.25) is 0 Å². The summed E-state index contributed by atoms with van der Waals surface area (Å²) in [5.41, 5.74) is 6.08. The second kappa shape index (κ2) is 6.04. The standard InChI is InChI=1S/C14H20N2O5S2/c1-20-11-5-12(13(17)21-2)22-14(11)23(18,19)16-6-8-3-4-10(15)9(8)7-16/h5,8-10H,3-4,6-7,15H2,1-2H3. The third-order valence-electron chi connectivity index (χ3n) is 4.73. The Hall–Kier alpha value is -1.16. The minimum absolute atomic E-state index is 0.0499. The summed E-state index contributed by atoms with van der Waals surface area (Å²) in [5, 5.41) is 0. The van der Waals surface area contributed by atoms with Crippen LogP contribution >= 0.6 is 11.3 Å². The number of esters is 1. The van der Waals surface area contributed by atoms with Crippen LogP contribution in [0.15, 0.2) is 10.3 Å². The molecule has 0 bridgehead atoms. The summed E-state index contributed by atoms with van der Waals surface area (Å²) >= 11 is 0.879. The summed E-state index contributed by atoms with van der Waals surface area (Å²) < 4.78 is 37.2. The first-order valence-corrected chi connectivity index (χ1v) is 9.66. The maximum atomic E-state index is 12.9. The lowest BCUT2D eigenvalue weighted by Gasteiger charge is -2.18. The normalized spacial score (nSPS) is 27.9. The van der Waals surface area contributed by atoms with Crippen LogP contribution in [-0.4, -0.2) is 52.0 Å². The molecule has 3 unspecified atom stereocenters. The van der Waals surface area contributed by atoms with Crippen LogP contribution in [0, 0.1) is 11.8 Å². The topological polar surface area (TPSA) is 98.9 Å². The third kappa shape index (κ3) is 2.75. The van der Waals surface area contributed by atoms with Gasteiger partial charge >= 0.3 is 5.97 Å². The average molecular weight is 360 g/mol. The number of hydrogen-bond donors (Lipinski definition) is 1. The Kier molecular flexibility index (Phi) is 4.39. The molecule has 7 nitrogen and oxygen atoms in total. The second-order valence-corrected chi connectivity index (χ2v) is 9.13. The zero-order valence-electron chi connectivity index (χ0n) is 13.0. The highest BCUT2D eigenvalue weighted by atomic mass is 32.2. The highest BCUT2D eigenvalue weighted by Gasteiger charge is 2.46. The summed E-state index contributed by atoms with van der Waals surface area (Å²) in [6.45, 7) is 0.915. The van der Waals surface area contributed by atoms with E-state index in [0.29, 0.717) is 19.0 Å². The van der Waals surface area contributed by atoms with Gasteiger partial charge in [0.05, 0.1) is 14.2 Å². The van der Waals surface area contributed by atoms with E-state index < -0.39 is 16.0 Å². The molecule has 1 aliphatic carbocycles. The Balaban J connectivity index is 1.91. The van der Waals surface area contributed by atoms with Crippen molar-refractivity contribution in [2.45, 2.75) is 23.1 Å². The van der Waals surface area contributed by atoms with Gasteiger partial charge in [0.2, 0.25) is 0 Å². The van der Waals surface area contributed by atoms with Gasteiger partial charge in [0.1, 0.15) is 4.88 Å². The van der Waals surface area contributed by atoms with Crippen LogP contribution in [0.3, 0.4) is 0 Å². The number of ether oxygens (including phenoxy) is 2. The van der Waals surface area contributed by atoms with Gasteiger partial charge in [-0.15, -0.1) is 11.3 Å². The van der Waals surface area contributed by atoms with Crippen LogP contribution in [0.2, 0.25) is 0 Å². The van der Waals surface area contributed by atoms with Crippen molar-refractivity contribution in [2.24, 2.45) is 17.6 Å². The zero-order chi connectivity index (χ0) is 16.8. The maximum absolute atomic E-state index is 12.9. The molecule has 1 saturated heterocycles. The Morgan fingerprint density at radius 2 is 2.09 bits per heavy atom. The maximum Gasteiger partial charge on any atom is 0.348 e. The molecule has 0 radical (unpaired) electrons. The van der Waals surface area contributed by atoms with E-state index >= 15 is 0 Å². The highest BCUT2D eigenvalue weighted by Crippen LogP contribution is 2.42. The van der Waals surface area contributed by atoms with Crippen molar-refractivity contribution in [3.8, 4) is 5.75 Å². The van der Waals surface area contributed by atoms with Crippen molar-refractivity contribution in [3.63, 3.8) is 0 Å². The summed E-state index contributed by atoms with van der Waals surface area (Å²) in [4.78, 5) is 11.9. The predicted octanol–water partition coefficient (Wildman–Crippen LogP) is 0.901. The zero-order valence-corrected chi connectivity index (χ0v) is 14.7. The quantitative estimate of drug-likeness (QED) is 0.801. The van der Waals surface area contributed by atoms with Crippen molar-refractivity contribution in [1.82, 2.24) is 4.31 Å². The van der Waals surface area contributed by atoms with Crippen molar-refractivity contribution in [2.75, 3.05) is 27.3 Å². The number of nitrogens with two attached hydrogens (primary N) is 1. The largest absolute Gasteiger partial charge is 0.494 e. The first kappa shape index (κ1) is 16.7. The predicted molar refractivity (Wildman–Crippen MR) is 85.2 cm³/mol. The van der Waals surface area contributed by atoms with E-state index in [1.165, 1.54) is 24.6 Å². The number of carbonyl (C=O) groups is 1. The van der Waals surface area contributed by atoms with Gasteiger partial charge in [-0.2, -0.15) is 4.31 Å². The van der Waals surface area contributed by atoms with E-state index in [0.717, 1.165) is 24.2 Å². The summed E-state index contributed by atoms with van der Waals surface area (Å²) in [5.74, 6) is 0.147. The molecular formula is C14H20N2O5S2. The molecule has 2 heterocycles. The summed E-state index contributed by atoms with van der Waals surface area (Å²) in [7, 11) is -1.06. The minimum atomic E-state index is -3.70. The van der Waals surface area contributed by atoms with Gasteiger partial charge in [-0.05, 0) is 24.7 Å².